The predicted molar refractivity (Wildman–Crippen MR) is 66.5 cm³/mol. The second-order valence-corrected chi connectivity index (χ2v) is 4.74. The number of aromatic amines is 1. The van der Waals surface area contributed by atoms with Crippen molar-refractivity contribution in [2.75, 3.05) is 6.61 Å². The van der Waals surface area contributed by atoms with Crippen LogP contribution in [-0.4, -0.2) is 59.8 Å². The first kappa shape index (κ1) is 14.7. The molecule has 3 aliphatic rings. The van der Waals surface area contributed by atoms with Gasteiger partial charge in [0.15, 0.2) is 17.7 Å². The van der Waals surface area contributed by atoms with E-state index >= 15 is 0 Å². The molecule has 118 valence electrons. The van der Waals surface area contributed by atoms with Crippen molar-refractivity contribution in [2.45, 2.75) is 24.5 Å². The number of nitrogens with one attached hydrogen (secondary N) is 1. The molecule has 0 aromatic carbocycles. The van der Waals surface area contributed by atoms with Gasteiger partial charge in [0, 0.05) is 0 Å². The summed E-state index contributed by atoms with van der Waals surface area (Å²) >= 11 is 0. The van der Waals surface area contributed by atoms with Gasteiger partial charge in [0.05, 0.1) is 12.8 Å². The first-order chi connectivity index (χ1) is 10.4. The number of H-pyrrole nitrogens is 1. The lowest BCUT2D eigenvalue weighted by atomic mass is 10.1. The third kappa shape index (κ3) is 2.20. The number of fused-ring (bicyclic) bond motifs is 1. The van der Waals surface area contributed by atoms with Gasteiger partial charge in [-0.2, -0.15) is 9.37 Å². The highest BCUT2D eigenvalue weighted by Crippen LogP contribution is 2.31. The smallest absolute Gasteiger partial charge is 0.349 e. The number of nitrogens with zero attached hydrogens (tertiary/aromatic N) is 3. The van der Waals surface area contributed by atoms with E-state index in [-0.39, 0.29) is 5.82 Å². The topological polar surface area (TPSA) is 151 Å². The molecule has 0 spiro atoms. The Morgan fingerprint density at radius 3 is 2.68 bits per heavy atom. The SMILES string of the molecule is O=c1nc2n([C@@H]3O[C@H](CO)[C@H](O)[C@H]3O)cc(F)nc-2c(=O)[nH]1. The van der Waals surface area contributed by atoms with E-state index in [2.05, 4.69) is 9.97 Å². The van der Waals surface area contributed by atoms with Gasteiger partial charge < -0.3 is 20.1 Å². The lowest BCUT2D eigenvalue weighted by Gasteiger charge is -2.21. The number of aliphatic hydroxyl groups excluding tert-OH is 3. The largest absolute Gasteiger partial charge is 0.394 e. The molecule has 4 N–H and O–H groups in total. The van der Waals surface area contributed by atoms with Gasteiger partial charge in [0.2, 0.25) is 5.95 Å². The summed E-state index contributed by atoms with van der Waals surface area (Å²) in [5.74, 6) is -1.39. The summed E-state index contributed by atoms with van der Waals surface area (Å²) in [6.07, 6.45) is -4.63. The van der Waals surface area contributed by atoms with Crippen molar-refractivity contribution in [3.05, 3.63) is 33.0 Å². The molecule has 11 heteroatoms. The lowest BCUT2D eigenvalue weighted by molar-refractivity contribution is -0.0530. The second kappa shape index (κ2) is 5.21. The summed E-state index contributed by atoms with van der Waals surface area (Å²) in [5, 5.41) is 28.8. The van der Waals surface area contributed by atoms with Crippen LogP contribution in [0.15, 0.2) is 15.8 Å². The molecule has 0 saturated carbocycles. The van der Waals surface area contributed by atoms with Crippen molar-refractivity contribution in [2.24, 2.45) is 0 Å². The van der Waals surface area contributed by atoms with E-state index in [0.29, 0.717) is 0 Å². The summed E-state index contributed by atoms with van der Waals surface area (Å²) < 4.78 is 19.7. The van der Waals surface area contributed by atoms with Crippen LogP contribution in [0.25, 0.3) is 11.5 Å². The Labute approximate surface area is 120 Å². The van der Waals surface area contributed by atoms with E-state index in [4.69, 9.17) is 9.84 Å². The second-order valence-electron chi connectivity index (χ2n) is 4.74. The zero-order valence-corrected chi connectivity index (χ0v) is 10.9. The molecule has 0 amide bonds. The van der Waals surface area contributed by atoms with Crippen LogP contribution >= 0.6 is 0 Å². The van der Waals surface area contributed by atoms with Crippen LogP contribution in [-0.2, 0) is 4.74 Å². The monoisotopic (exact) mass is 314 g/mol. The summed E-state index contributed by atoms with van der Waals surface area (Å²) in [6.45, 7) is -0.582. The Balaban J connectivity index is 2.19. The number of ether oxygens (including phenoxy) is 1. The molecule has 4 atom stereocenters. The Bertz CT molecular complexity index is 791. The molecule has 0 aliphatic carbocycles. The van der Waals surface area contributed by atoms with E-state index < -0.39 is 54.0 Å². The van der Waals surface area contributed by atoms with Crippen molar-refractivity contribution in [3.63, 3.8) is 0 Å². The maximum absolute atomic E-state index is 13.6. The highest BCUT2D eigenvalue weighted by atomic mass is 19.1. The quantitative estimate of drug-likeness (QED) is 0.463. The lowest BCUT2D eigenvalue weighted by Crippen LogP contribution is -2.35. The molecule has 0 aromatic rings. The molecule has 1 fully saturated rings. The highest BCUT2D eigenvalue weighted by Gasteiger charge is 2.44. The van der Waals surface area contributed by atoms with Crippen LogP contribution in [0, 0.1) is 5.95 Å². The minimum Gasteiger partial charge on any atom is -0.394 e. The van der Waals surface area contributed by atoms with E-state index in [1.165, 1.54) is 0 Å². The standard InChI is InChI=1S/C11H11FN4O6/c12-4-1-16(10-7(19)6(18)3(2-17)22-10)8-5(13-4)9(20)15-11(21)14-8/h1,3,6-7,10,17-19H,2H2,(H,15,20,21)/t3-,6+,7-,10-/m1/s1. The molecular weight excluding hydrogens is 303 g/mol. The normalized spacial score (nSPS) is 28.4. The van der Waals surface area contributed by atoms with Crippen molar-refractivity contribution < 1.29 is 24.4 Å². The Morgan fingerprint density at radius 1 is 1.32 bits per heavy atom. The van der Waals surface area contributed by atoms with Gasteiger partial charge in [-0.1, -0.05) is 0 Å². The van der Waals surface area contributed by atoms with Crippen LogP contribution in [0.2, 0.25) is 0 Å². The number of rotatable bonds is 2. The van der Waals surface area contributed by atoms with Crippen LogP contribution < -0.4 is 11.2 Å². The van der Waals surface area contributed by atoms with Crippen molar-refractivity contribution >= 4 is 0 Å². The fourth-order valence-electron chi connectivity index (χ4n) is 2.33. The van der Waals surface area contributed by atoms with Crippen molar-refractivity contribution in [1.82, 2.24) is 19.5 Å². The van der Waals surface area contributed by atoms with Gasteiger partial charge in [-0.3, -0.25) is 14.3 Å². The van der Waals surface area contributed by atoms with Gasteiger partial charge >= 0.3 is 5.69 Å². The summed E-state index contributed by atoms with van der Waals surface area (Å²) in [6, 6.07) is 0. The van der Waals surface area contributed by atoms with Gasteiger partial charge in [-0.15, -0.1) is 0 Å². The minimum absolute atomic E-state index is 0.315. The number of hydrogen-bond donors (Lipinski definition) is 4. The molecule has 3 rings (SSSR count). The van der Waals surface area contributed by atoms with Crippen molar-refractivity contribution in [3.8, 4) is 11.5 Å². The van der Waals surface area contributed by atoms with Gasteiger partial charge in [0.25, 0.3) is 5.56 Å². The molecule has 3 heterocycles. The molecule has 10 nitrogen and oxygen atoms in total. The number of halogens is 1. The number of aliphatic hydroxyl groups is 3. The molecule has 0 bridgehead atoms. The fourth-order valence-corrected chi connectivity index (χ4v) is 2.33. The van der Waals surface area contributed by atoms with Crippen LogP contribution in [0.1, 0.15) is 6.23 Å². The summed E-state index contributed by atoms with van der Waals surface area (Å²) in [7, 11) is 0. The van der Waals surface area contributed by atoms with Crippen LogP contribution in [0.3, 0.4) is 0 Å². The zero-order chi connectivity index (χ0) is 16.0. The molecule has 0 aromatic heterocycles. The Hall–Kier alpha value is -2.21. The molecule has 3 aliphatic heterocycles. The Kier molecular flexibility index (Phi) is 3.48. The van der Waals surface area contributed by atoms with Crippen LogP contribution in [0.5, 0.6) is 0 Å². The molecule has 0 radical (unpaired) electrons. The third-order valence-corrected chi connectivity index (χ3v) is 3.35. The van der Waals surface area contributed by atoms with E-state index in [0.717, 1.165) is 10.8 Å². The first-order valence-electron chi connectivity index (χ1n) is 6.23. The van der Waals surface area contributed by atoms with Crippen molar-refractivity contribution in [1.29, 1.82) is 0 Å². The predicted octanol–water partition coefficient (Wildman–Crippen LogP) is -2.82. The fraction of sp³-hybridized carbons (Fsp3) is 0.455. The number of aromatic nitrogens is 4. The maximum atomic E-state index is 13.6. The maximum Gasteiger partial charge on any atom is 0.349 e. The third-order valence-electron chi connectivity index (χ3n) is 3.35. The minimum atomic E-state index is -1.52. The summed E-state index contributed by atoms with van der Waals surface area (Å²) in [4.78, 5) is 31.7. The van der Waals surface area contributed by atoms with Gasteiger partial charge in [-0.05, 0) is 0 Å². The molecule has 0 unspecified atom stereocenters. The zero-order valence-electron chi connectivity index (χ0n) is 10.9. The van der Waals surface area contributed by atoms with Crippen LogP contribution in [0.4, 0.5) is 4.39 Å². The van der Waals surface area contributed by atoms with Gasteiger partial charge in [0.1, 0.15) is 18.3 Å². The highest BCUT2D eigenvalue weighted by molar-refractivity contribution is 5.48. The van der Waals surface area contributed by atoms with E-state index in [9.17, 15) is 24.2 Å². The van der Waals surface area contributed by atoms with E-state index in [1.54, 1.807) is 0 Å². The number of hydrogen-bond acceptors (Lipinski definition) is 8. The first-order valence-corrected chi connectivity index (χ1v) is 6.23. The average Bonchev–Trinajstić information content (AvgIpc) is 2.75. The average molecular weight is 314 g/mol. The molecular formula is C11H11FN4O6. The Morgan fingerprint density at radius 2 is 2.05 bits per heavy atom. The molecule has 22 heavy (non-hydrogen) atoms. The van der Waals surface area contributed by atoms with Gasteiger partial charge in [-0.25, -0.2) is 9.78 Å². The summed E-state index contributed by atoms with van der Waals surface area (Å²) in [5.41, 5.74) is -2.39. The molecule has 1 saturated heterocycles. The van der Waals surface area contributed by atoms with E-state index in [1.807, 2.05) is 4.98 Å².